The van der Waals surface area contributed by atoms with E-state index < -0.39 is 18.1 Å². The number of Topliss-reactive ketones (excluding diaryl/α,β-unsaturated/α-hetero) is 1. The minimum Gasteiger partial charge on any atom is -0.369 e. The summed E-state index contributed by atoms with van der Waals surface area (Å²) in [7, 11) is 1.43. The summed E-state index contributed by atoms with van der Waals surface area (Å²) < 4.78 is 32.9. The third kappa shape index (κ3) is 5.22. The van der Waals surface area contributed by atoms with Gasteiger partial charge in [0, 0.05) is 32.4 Å². The van der Waals surface area contributed by atoms with Crippen LogP contribution in [0, 0.1) is 5.82 Å². The SMILES string of the molecule is CO[C@@H](C(=O)Cc1nnc(N[C@@H]2CCN(c3cccnn3)C2)s1)c1ccc(F)c(N2CC(F)C2)c1. The molecule has 2 atom stereocenters. The van der Waals surface area contributed by atoms with Crippen molar-refractivity contribution < 1.29 is 18.3 Å². The minimum atomic E-state index is -0.961. The Hall–Kier alpha value is -3.25. The zero-order valence-corrected chi connectivity index (χ0v) is 19.9. The van der Waals surface area contributed by atoms with Crippen LogP contribution >= 0.6 is 11.3 Å². The van der Waals surface area contributed by atoms with E-state index in [-0.39, 0.29) is 37.0 Å². The average Bonchev–Trinajstić information content (AvgIpc) is 3.49. The molecule has 4 heterocycles. The standard InChI is InChI=1S/C23H25F2N7O2S/c1-34-22(14-4-5-17(25)18(9-14)32-11-15(24)12-32)19(33)10-21-29-30-23(35-21)27-16-6-8-31(13-16)20-3-2-7-26-28-20/h2-5,7,9,15-16,22H,6,8,10-13H2,1H3,(H,27,30)/t16-,22-/m1/s1. The number of methoxy groups -OCH3 is 1. The lowest BCUT2D eigenvalue weighted by Gasteiger charge is -2.36. The van der Waals surface area contributed by atoms with Gasteiger partial charge in [-0.3, -0.25) is 4.79 Å². The molecule has 5 rings (SSSR count). The number of ether oxygens (including phenoxy) is 1. The van der Waals surface area contributed by atoms with Gasteiger partial charge < -0.3 is 19.9 Å². The molecule has 0 unspecified atom stereocenters. The molecule has 0 saturated carbocycles. The number of aromatic nitrogens is 4. The van der Waals surface area contributed by atoms with Crippen LogP contribution in [0.1, 0.15) is 23.1 Å². The number of halogens is 2. The van der Waals surface area contributed by atoms with Crippen molar-refractivity contribution in [2.45, 2.75) is 31.2 Å². The smallest absolute Gasteiger partial charge is 0.205 e. The number of carbonyl (C=O) groups is 1. The topological polar surface area (TPSA) is 96.4 Å². The lowest BCUT2D eigenvalue weighted by molar-refractivity contribution is -0.128. The van der Waals surface area contributed by atoms with E-state index in [0.29, 0.717) is 15.7 Å². The molecule has 0 amide bonds. The highest BCUT2D eigenvalue weighted by atomic mass is 32.1. The van der Waals surface area contributed by atoms with Gasteiger partial charge in [0.05, 0.1) is 25.2 Å². The molecular formula is C23H25F2N7O2S. The van der Waals surface area contributed by atoms with Crippen molar-refractivity contribution in [1.29, 1.82) is 0 Å². The Morgan fingerprint density at radius 3 is 2.83 bits per heavy atom. The van der Waals surface area contributed by atoms with E-state index >= 15 is 0 Å². The van der Waals surface area contributed by atoms with Crippen LogP contribution < -0.4 is 15.1 Å². The molecule has 184 valence electrons. The minimum absolute atomic E-state index is 0.0389. The van der Waals surface area contributed by atoms with Crippen molar-refractivity contribution in [3.8, 4) is 0 Å². The first-order valence-electron chi connectivity index (χ1n) is 11.4. The Morgan fingerprint density at radius 2 is 2.09 bits per heavy atom. The summed E-state index contributed by atoms with van der Waals surface area (Å²) in [5, 5.41) is 21.0. The number of carbonyl (C=O) groups excluding carboxylic acids is 1. The molecule has 3 aromatic rings. The predicted molar refractivity (Wildman–Crippen MR) is 128 cm³/mol. The summed E-state index contributed by atoms with van der Waals surface area (Å²) in [4.78, 5) is 16.8. The lowest BCUT2D eigenvalue weighted by atomic mass is 10.0. The number of alkyl halides is 1. The Balaban J connectivity index is 1.20. The van der Waals surface area contributed by atoms with Crippen LogP contribution in [0.15, 0.2) is 36.5 Å². The third-order valence-electron chi connectivity index (χ3n) is 6.17. The molecule has 0 bridgehead atoms. The summed E-state index contributed by atoms with van der Waals surface area (Å²) in [6.07, 6.45) is 0.764. The molecule has 2 fully saturated rings. The fraction of sp³-hybridized carbons (Fsp3) is 0.435. The highest BCUT2D eigenvalue weighted by Gasteiger charge is 2.30. The average molecular weight is 502 g/mol. The van der Waals surface area contributed by atoms with E-state index in [2.05, 4.69) is 30.6 Å². The fourth-order valence-electron chi connectivity index (χ4n) is 4.36. The molecule has 1 aromatic carbocycles. The molecule has 9 nitrogen and oxygen atoms in total. The Kier molecular flexibility index (Phi) is 6.82. The summed E-state index contributed by atoms with van der Waals surface area (Å²) in [5.41, 5.74) is 0.801. The zero-order valence-electron chi connectivity index (χ0n) is 19.1. The largest absolute Gasteiger partial charge is 0.369 e. The van der Waals surface area contributed by atoms with Crippen LogP contribution in [0.2, 0.25) is 0 Å². The quantitative estimate of drug-likeness (QED) is 0.475. The van der Waals surface area contributed by atoms with Crippen LogP contribution in [-0.2, 0) is 16.0 Å². The van der Waals surface area contributed by atoms with Gasteiger partial charge in [0.1, 0.15) is 23.1 Å². The maximum absolute atomic E-state index is 14.3. The second kappa shape index (κ2) is 10.2. The van der Waals surface area contributed by atoms with Crippen molar-refractivity contribution in [2.75, 3.05) is 48.4 Å². The number of benzene rings is 1. The highest BCUT2D eigenvalue weighted by Crippen LogP contribution is 2.31. The molecule has 0 spiro atoms. The molecule has 2 aromatic heterocycles. The maximum atomic E-state index is 14.3. The van der Waals surface area contributed by atoms with Gasteiger partial charge in [0.15, 0.2) is 11.6 Å². The second-order valence-electron chi connectivity index (χ2n) is 8.63. The van der Waals surface area contributed by atoms with E-state index in [4.69, 9.17) is 4.74 Å². The van der Waals surface area contributed by atoms with Gasteiger partial charge in [-0.15, -0.1) is 15.3 Å². The normalized spacial score (nSPS) is 19.0. The molecule has 0 radical (unpaired) electrons. The van der Waals surface area contributed by atoms with Crippen LogP contribution in [0.25, 0.3) is 0 Å². The molecule has 0 aliphatic carbocycles. The fourth-order valence-corrected chi connectivity index (χ4v) is 5.18. The van der Waals surface area contributed by atoms with Crippen LogP contribution in [0.3, 0.4) is 0 Å². The number of nitrogens with one attached hydrogen (secondary N) is 1. The number of nitrogens with zero attached hydrogens (tertiary/aromatic N) is 6. The predicted octanol–water partition coefficient (Wildman–Crippen LogP) is 2.82. The molecule has 2 aliphatic rings. The Morgan fingerprint density at radius 1 is 1.23 bits per heavy atom. The molecule has 35 heavy (non-hydrogen) atoms. The van der Waals surface area contributed by atoms with Crippen LogP contribution in [0.5, 0.6) is 0 Å². The first-order chi connectivity index (χ1) is 17.0. The van der Waals surface area contributed by atoms with Crippen molar-refractivity contribution in [3.05, 3.63) is 52.9 Å². The molecular weight excluding hydrogens is 476 g/mol. The Bertz CT molecular complexity index is 1180. The summed E-state index contributed by atoms with van der Waals surface area (Å²) in [6, 6.07) is 8.34. The third-order valence-corrected chi connectivity index (χ3v) is 7.02. The summed E-state index contributed by atoms with van der Waals surface area (Å²) in [6.45, 7) is 1.92. The molecule has 1 N–H and O–H groups in total. The molecule has 2 saturated heterocycles. The molecule has 12 heteroatoms. The number of anilines is 3. The van der Waals surface area contributed by atoms with Gasteiger partial charge in [0.25, 0.3) is 0 Å². The van der Waals surface area contributed by atoms with E-state index in [1.54, 1.807) is 17.2 Å². The maximum Gasteiger partial charge on any atom is 0.205 e. The number of rotatable bonds is 9. The van der Waals surface area contributed by atoms with Gasteiger partial charge >= 0.3 is 0 Å². The summed E-state index contributed by atoms with van der Waals surface area (Å²) in [5.74, 6) is 0.176. The van der Waals surface area contributed by atoms with E-state index in [1.807, 2.05) is 12.1 Å². The van der Waals surface area contributed by atoms with Gasteiger partial charge in [-0.05, 0) is 36.2 Å². The van der Waals surface area contributed by atoms with Gasteiger partial charge in [-0.2, -0.15) is 5.10 Å². The van der Waals surface area contributed by atoms with Gasteiger partial charge in [0.2, 0.25) is 5.13 Å². The van der Waals surface area contributed by atoms with Crippen LogP contribution in [-0.4, -0.2) is 71.7 Å². The Labute approximate surface area is 205 Å². The zero-order chi connectivity index (χ0) is 24.4. The van der Waals surface area contributed by atoms with Crippen molar-refractivity contribution in [3.63, 3.8) is 0 Å². The van der Waals surface area contributed by atoms with E-state index in [1.165, 1.54) is 30.6 Å². The molecule has 2 aliphatic heterocycles. The summed E-state index contributed by atoms with van der Waals surface area (Å²) >= 11 is 1.33. The van der Waals surface area contributed by atoms with E-state index in [0.717, 1.165) is 25.3 Å². The van der Waals surface area contributed by atoms with Crippen molar-refractivity contribution in [1.82, 2.24) is 20.4 Å². The number of hydrogen-bond donors (Lipinski definition) is 1. The number of hydrogen-bond acceptors (Lipinski definition) is 10. The van der Waals surface area contributed by atoms with E-state index in [9.17, 15) is 13.6 Å². The van der Waals surface area contributed by atoms with Crippen molar-refractivity contribution in [2.24, 2.45) is 0 Å². The number of ketones is 1. The lowest BCUT2D eigenvalue weighted by Crippen LogP contribution is -2.48. The second-order valence-corrected chi connectivity index (χ2v) is 9.69. The van der Waals surface area contributed by atoms with Crippen LogP contribution in [0.4, 0.5) is 25.4 Å². The highest BCUT2D eigenvalue weighted by molar-refractivity contribution is 7.15. The van der Waals surface area contributed by atoms with Gasteiger partial charge in [-0.1, -0.05) is 17.4 Å². The first-order valence-corrected chi connectivity index (χ1v) is 12.2. The van der Waals surface area contributed by atoms with Gasteiger partial charge in [-0.25, -0.2) is 8.78 Å². The first kappa shape index (κ1) is 23.5. The van der Waals surface area contributed by atoms with Crippen molar-refractivity contribution >= 4 is 33.8 Å². The monoisotopic (exact) mass is 501 g/mol.